The summed E-state index contributed by atoms with van der Waals surface area (Å²) in [4.78, 5) is 34.3. The van der Waals surface area contributed by atoms with Crippen LogP contribution in [0.4, 0.5) is 11.4 Å². The standard InChI is InChI=1S/C17H23N3O5/c1-11(16(21)19-10-12-5-3-2-4-6-12)25-17(22)13-7-8-14(18)15(9-13)20(23)24/h7-9,11-12H,2-6,10,18H2,1H3,(H,19,21)/t11-/m1/s1. The van der Waals surface area contributed by atoms with E-state index in [1.807, 2.05) is 0 Å². The molecule has 1 saturated carbocycles. The van der Waals surface area contributed by atoms with E-state index in [1.165, 1.54) is 38.3 Å². The van der Waals surface area contributed by atoms with Gasteiger partial charge in [0.05, 0.1) is 10.5 Å². The normalized spacial score (nSPS) is 16.0. The van der Waals surface area contributed by atoms with Gasteiger partial charge in [-0.25, -0.2) is 4.79 Å². The van der Waals surface area contributed by atoms with Crippen molar-refractivity contribution in [3.05, 3.63) is 33.9 Å². The highest BCUT2D eigenvalue weighted by molar-refractivity contribution is 5.93. The number of anilines is 1. The van der Waals surface area contributed by atoms with Crippen LogP contribution in [0.5, 0.6) is 0 Å². The van der Waals surface area contributed by atoms with E-state index in [1.54, 1.807) is 0 Å². The third kappa shape index (κ3) is 5.17. The summed E-state index contributed by atoms with van der Waals surface area (Å²) in [5.41, 5.74) is 5.06. The number of carbonyl (C=O) groups excluding carboxylic acids is 2. The minimum absolute atomic E-state index is 0.0205. The van der Waals surface area contributed by atoms with Crippen LogP contribution < -0.4 is 11.1 Å². The number of nitro benzene ring substituents is 1. The molecule has 1 aliphatic carbocycles. The van der Waals surface area contributed by atoms with E-state index in [4.69, 9.17) is 10.5 Å². The zero-order valence-electron chi connectivity index (χ0n) is 14.2. The van der Waals surface area contributed by atoms with Gasteiger partial charge in [0.2, 0.25) is 0 Å². The molecular formula is C17H23N3O5. The average molecular weight is 349 g/mol. The lowest BCUT2D eigenvalue weighted by Gasteiger charge is -2.22. The Labute approximate surface area is 145 Å². The summed E-state index contributed by atoms with van der Waals surface area (Å²) in [6, 6.07) is 3.64. The van der Waals surface area contributed by atoms with Crippen LogP contribution in [0.25, 0.3) is 0 Å². The third-order valence-corrected chi connectivity index (χ3v) is 4.41. The Morgan fingerprint density at radius 1 is 1.36 bits per heavy atom. The van der Waals surface area contributed by atoms with Crippen LogP contribution in [0, 0.1) is 16.0 Å². The molecule has 1 aliphatic rings. The molecule has 1 fully saturated rings. The molecule has 3 N–H and O–H groups in total. The molecule has 0 aliphatic heterocycles. The molecule has 1 aromatic rings. The van der Waals surface area contributed by atoms with E-state index in [-0.39, 0.29) is 22.8 Å². The van der Waals surface area contributed by atoms with E-state index in [0.29, 0.717) is 12.5 Å². The summed E-state index contributed by atoms with van der Waals surface area (Å²) in [6.07, 6.45) is 4.83. The Hall–Kier alpha value is -2.64. The maximum Gasteiger partial charge on any atom is 0.339 e. The van der Waals surface area contributed by atoms with Gasteiger partial charge in [0, 0.05) is 12.6 Å². The van der Waals surface area contributed by atoms with E-state index in [0.717, 1.165) is 18.9 Å². The Bertz CT molecular complexity index is 656. The highest BCUT2D eigenvalue weighted by Crippen LogP contribution is 2.24. The number of rotatable bonds is 6. The molecule has 2 rings (SSSR count). The largest absolute Gasteiger partial charge is 0.449 e. The fourth-order valence-electron chi connectivity index (χ4n) is 2.89. The molecule has 25 heavy (non-hydrogen) atoms. The summed E-state index contributed by atoms with van der Waals surface area (Å²) in [5, 5.41) is 13.7. The highest BCUT2D eigenvalue weighted by atomic mass is 16.6. The predicted octanol–water partition coefficient (Wildman–Crippen LogP) is 2.42. The smallest absolute Gasteiger partial charge is 0.339 e. The minimum atomic E-state index is -0.979. The van der Waals surface area contributed by atoms with Crippen LogP contribution in [0.1, 0.15) is 49.4 Å². The van der Waals surface area contributed by atoms with E-state index >= 15 is 0 Å². The first-order valence-electron chi connectivity index (χ1n) is 8.41. The molecular weight excluding hydrogens is 326 g/mol. The molecule has 1 amide bonds. The predicted molar refractivity (Wildman–Crippen MR) is 92.0 cm³/mol. The van der Waals surface area contributed by atoms with Gasteiger partial charge in [0.15, 0.2) is 6.10 Å². The first kappa shape index (κ1) is 18.7. The number of carbonyl (C=O) groups is 2. The average Bonchev–Trinajstić information content (AvgIpc) is 2.60. The highest BCUT2D eigenvalue weighted by Gasteiger charge is 2.22. The second-order valence-corrected chi connectivity index (χ2v) is 6.33. The van der Waals surface area contributed by atoms with Crippen LogP contribution in [0.2, 0.25) is 0 Å². The van der Waals surface area contributed by atoms with Gasteiger partial charge >= 0.3 is 5.97 Å². The number of esters is 1. The van der Waals surface area contributed by atoms with Crippen LogP contribution in [-0.2, 0) is 9.53 Å². The lowest BCUT2D eigenvalue weighted by Crippen LogP contribution is -2.38. The zero-order chi connectivity index (χ0) is 18.4. The van der Waals surface area contributed by atoms with Gasteiger partial charge in [-0.15, -0.1) is 0 Å². The van der Waals surface area contributed by atoms with E-state index in [9.17, 15) is 19.7 Å². The van der Waals surface area contributed by atoms with Crippen molar-refractivity contribution in [3.63, 3.8) is 0 Å². The van der Waals surface area contributed by atoms with Crippen LogP contribution in [-0.4, -0.2) is 29.4 Å². The topological polar surface area (TPSA) is 125 Å². The molecule has 0 radical (unpaired) electrons. The van der Waals surface area contributed by atoms with Crippen molar-refractivity contribution in [3.8, 4) is 0 Å². The molecule has 1 atom stereocenters. The van der Waals surface area contributed by atoms with Crippen LogP contribution >= 0.6 is 0 Å². The summed E-state index contributed by atoms with van der Waals surface area (Å²) >= 11 is 0. The Balaban J connectivity index is 1.89. The fourth-order valence-corrected chi connectivity index (χ4v) is 2.89. The Kier molecular flexibility index (Phi) is 6.32. The number of hydrogen-bond acceptors (Lipinski definition) is 6. The van der Waals surface area contributed by atoms with Crippen molar-refractivity contribution in [2.75, 3.05) is 12.3 Å². The minimum Gasteiger partial charge on any atom is -0.449 e. The van der Waals surface area contributed by atoms with Gasteiger partial charge in [-0.2, -0.15) is 0 Å². The van der Waals surface area contributed by atoms with Gasteiger partial charge in [-0.1, -0.05) is 19.3 Å². The van der Waals surface area contributed by atoms with E-state index < -0.39 is 17.0 Å². The number of nitrogen functional groups attached to an aromatic ring is 1. The molecule has 0 spiro atoms. The second-order valence-electron chi connectivity index (χ2n) is 6.33. The molecule has 1 aromatic carbocycles. The van der Waals surface area contributed by atoms with Gasteiger partial charge < -0.3 is 15.8 Å². The molecule has 136 valence electrons. The maximum atomic E-state index is 12.1. The number of nitro groups is 1. The zero-order valence-corrected chi connectivity index (χ0v) is 14.2. The molecule has 8 nitrogen and oxygen atoms in total. The molecule has 0 unspecified atom stereocenters. The maximum absolute atomic E-state index is 12.1. The van der Waals surface area contributed by atoms with E-state index in [2.05, 4.69) is 5.32 Å². The molecule has 0 heterocycles. The number of nitrogens with two attached hydrogens (primary N) is 1. The lowest BCUT2D eigenvalue weighted by molar-refractivity contribution is -0.383. The monoisotopic (exact) mass is 349 g/mol. The van der Waals surface area contributed by atoms with Crippen molar-refractivity contribution >= 4 is 23.3 Å². The molecule has 0 aromatic heterocycles. The SMILES string of the molecule is C[C@@H](OC(=O)c1ccc(N)c([N+](=O)[O-])c1)C(=O)NCC1CCCCC1. The number of nitrogens with zero attached hydrogens (tertiary/aromatic N) is 1. The fraction of sp³-hybridized carbons (Fsp3) is 0.529. The van der Waals surface area contributed by atoms with Crippen molar-refractivity contribution in [1.82, 2.24) is 5.32 Å². The van der Waals surface area contributed by atoms with Gasteiger partial charge in [-0.3, -0.25) is 14.9 Å². The second kappa shape index (κ2) is 8.46. The number of benzene rings is 1. The quantitative estimate of drug-likeness (QED) is 0.352. The summed E-state index contributed by atoms with van der Waals surface area (Å²) in [6.45, 7) is 2.05. The van der Waals surface area contributed by atoms with Gasteiger partial charge in [-0.05, 0) is 37.8 Å². The number of nitrogens with one attached hydrogen (secondary N) is 1. The number of ether oxygens (including phenoxy) is 1. The van der Waals surface area contributed by atoms with Gasteiger partial charge in [0.25, 0.3) is 11.6 Å². The summed E-state index contributed by atoms with van der Waals surface area (Å²) < 4.78 is 5.10. The first-order valence-corrected chi connectivity index (χ1v) is 8.41. The Morgan fingerprint density at radius 3 is 2.68 bits per heavy atom. The summed E-state index contributed by atoms with van der Waals surface area (Å²) in [5.74, 6) is -0.701. The van der Waals surface area contributed by atoms with Crippen molar-refractivity contribution in [2.45, 2.75) is 45.1 Å². The van der Waals surface area contributed by atoms with Crippen LogP contribution in [0.3, 0.4) is 0 Å². The molecule has 0 saturated heterocycles. The van der Waals surface area contributed by atoms with Crippen molar-refractivity contribution in [2.24, 2.45) is 5.92 Å². The lowest BCUT2D eigenvalue weighted by atomic mass is 9.89. The number of hydrogen-bond donors (Lipinski definition) is 2. The first-order chi connectivity index (χ1) is 11.9. The number of amides is 1. The molecule has 0 bridgehead atoms. The molecule has 8 heteroatoms. The third-order valence-electron chi connectivity index (χ3n) is 4.41. The van der Waals surface area contributed by atoms with Crippen molar-refractivity contribution in [1.29, 1.82) is 0 Å². The Morgan fingerprint density at radius 2 is 2.04 bits per heavy atom. The van der Waals surface area contributed by atoms with Crippen LogP contribution in [0.15, 0.2) is 18.2 Å². The van der Waals surface area contributed by atoms with Gasteiger partial charge in [0.1, 0.15) is 5.69 Å². The summed E-state index contributed by atoms with van der Waals surface area (Å²) in [7, 11) is 0. The van der Waals surface area contributed by atoms with Crippen molar-refractivity contribution < 1.29 is 19.2 Å².